The predicted molar refractivity (Wildman–Crippen MR) is 69.1 cm³/mol. The molecule has 0 spiro atoms. The van der Waals surface area contributed by atoms with Gasteiger partial charge >= 0.3 is 6.18 Å². The van der Waals surface area contributed by atoms with E-state index in [1.807, 2.05) is 4.90 Å². The predicted octanol–water partition coefficient (Wildman–Crippen LogP) is 1.64. The standard InChI is InChI=1S/C13H15F3N4/c1-2-3-4-19-5-7-20(8-6-19)12-9-11(13(14,15)16)17-10-18-12/h9-10H,4-8H2,1H3. The van der Waals surface area contributed by atoms with Gasteiger partial charge in [0.2, 0.25) is 0 Å². The van der Waals surface area contributed by atoms with Crippen LogP contribution in [0.4, 0.5) is 19.0 Å². The van der Waals surface area contributed by atoms with Crippen LogP contribution in [0.1, 0.15) is 12.6 Å². The van der Waals surface area contributed by atoms with E-state index in [0.717, 1.165) is 25.5 Å². The minimum atomic E-state index is -4.43. The molecule has 108 valence electrons. The molecule has 0 N–H and O–H groups in total. The summed E-state index contributed by atoms with van der Waals surface area (Å²) in [5.74, 6) is 6.14. The first-order valence-electron chi connectivity index (χ1n) is 6.27. The largest absolute Gasteiger partial charge is 0.433 e. The van der Waals surface area contributed by atoms with Crippen LogP contribution in [0.25, 0.3) is 0 Å². The van der Waals surface area contributed by atoms with Gasteiger partial charge in [-0.15, -0.1) is 5.92 Å². The van der Waals surface area contributed by atoms with Crippen LogP contribution in [0.5, 0.6) is 0 Å². The van der Waals surface area contributed by atoms with Crippen LogP contribution in [0.3, 0.4) is 0 Å². The minimum Gasteiger partial charge on any atom is -0.354 e. The first-order chi connectivity index (χ1) is 9.50. The van der Waals surface area contributed by atoms with Gasteiger partial charge < -0.3 is 4.90 Å². The zero-order chi connectivity index (χ0) is 14.6. The smallest absolute Gasteiger partial charge is 0.354 e. The number of alkyl halides is 3. The van der Waals surface area contributed by atoms with E-state index < -0.39 is 11.9 Å². The third kappa shape index (κ3) is 3.61. The third-order valence-electron chi connectivity index (χ3n) is 3.12. The second kappa shape index (κ2) is 6.09. The van der Waals surface area contributed by atoms with E-state index in [2.05, 4.69) is 26.7 Å². The van der Waals surface area contributed by atoms with Crippen LogP contribution in [-0.2, 0) is 6.18 Å². The normalized spacial score (nSPS) is 16.7. The molecule has 1 aliphatic heterocycles. The summed E-state index contributed by atoms with van der Waals surface area (Å²) in [5.41, 5.74) is -0.901. The molecule has 1 fully saturated rings. The lowest BCUT2D eigenvalue weighted by molar-refractivity contribution is -0.141. The maximum Gasteiger partial charge on any atom is 0.433 e. The van der Waals surface area contributed by atoms with Crippen molar-refractivity contribution < 1.29 is 13.2 Å². The van der Waals surface area contributed by atoms with Crippen LogP contribution in [0.2, 0.25) is 0 Å². The molecular weight excluding hydrogens is 269 g/mol. The second-order valence-corrected chi connectivity index (χ2v) is 4.45. The van der Waals surface area contributed by atoms with E-state index in [-0.39, 0.29) is 0 Å². The zero-order valence-electron chi connectivity index (χ0n) is 11.1. The van der Waals surface area contributed by atoms with Crippen molar-refractivity contribution in [2.24, 2.45) is 0 Å². The molecule has 1 aromatic rings. The van der Waals surface area contributed by atoms with E-state index >= 15 is 0 Å². The van der Waals surface area contributed by atoms with E-state index in [0.29, 0.717) is 25.5 Å². The Morgan fingerprint density at radius 3 is 2.50 bits per heavy atom. The number of nitrogens with zero attached hydrogens (tertiary/aromatic N) is 4. The van der Waals surface area contributed by atoms with Crippen molar-refractivity contribution in [3.8, 4) is 11.8 Å². The Hall–Kier alpha value is -1.81. The molecule has 1 aromatic heterocycles. The Bertz CT molecular complexity index is 510. The maximum absolute atomic E-state index is 12.6. The highest BCUT2D eigenvalue weighted by atomic mass is 19.4. The molecule has 2 rings (SSSR count). The van der Waals surface area contributed by atoms with Gasteiger partial charge in [-0.3, -0.25) is 4.90 Å². The Morgan fingerprint density at radius 2 is 1.90 bits per heavy atom. The summed E-state index contributed by atoms with van der Waals surface area (Å²) in [6.07, 6.45) is -3.47. The van der Waals surface area contributed by atoms with Crippen LogP contribution in [0.15, 0.2) is 12.4 Å². The second-order valence-electron chi connectivity index (χ2n) is 4.45. The molecule has 0 radical (unpaired) electrons. The lowest BCUT2D eigenvalue weighted by Gasteiger charge is -2.34. The molecular formula is C13H15F3N4. The molecule has 0 aromatic carbocycles. The minimum absolute atomic E-state index is 0.327. The highest BCUT2D eigenvalue weighted by Crippen LogP contribution is 2.29. The average molecular weight is 284 g/mol. The molecule has 20 heavy (non-hydrogen) atoms. The van der Waals surface area contributed by atoms with Crippen molar-refractivity contribution in [3.05, 3.63) is 18.1 Å². The fraction of sp³-hybridized carbons (Fsp3) is 0.538. The van der Waals surface area contributed by atoms with Gasteiger partial charge in [-0.05, 0) is 6.92 Å². The molecule has 1 aliphatic rings. The van der Waals surface area contributed by atoms with Crippen molar-refractivity contribution in [2.75, 3.05) is 37.6 Å². The highest BCUT2D eigenvalue weighted by molar-refractivity contribution is 5.40. The number of aromatic nitrogens is 2. The Kier molecular flexibility index (Phi) is 4.45. The number of hydrogen-bond acceptors (Lipinski definition) is 4. The molecule has 0 bridgehead atoms. The summed E-state index contributed by atoms with van der Waals surface area (Å²) in [7, 11) is 0. The van der Waals surface area contributed by atoms with Crippen LogP contribution < -0.4 is 4.90 Å². The molecule has 2 heterocycles. The summed E-state index contributed by atoms with van der Waals surface area (Å²) >= 11 is 0. The quantitative estimate of drug-likeness (QED) is 0.773. The van der Waals surface area contributed by atoms with E-state index in [1.165, 1.54) is 0 Å². The van der Waals surface area contributed by atoms with Crippen molar-refractivity contribution in [3.63, 3.8) is 0 Å². The fourth-order valence-corrected chi connectivity index (χ4v) is 2.00. The Labute approximate surface area is 115 Å². The molecule has 0 atom stereocenters. The summed E-state index contributed by atoms with van der Waals surface area (Å²) < 4.78 is 37.8. The van der Waals surface area contributed by atoms with E-state index in [4.69, 9.17) is 0 Å². The molecule has 0 amide bonds. The van der Waals surface area contributed by atoms with Gasteiger partial charge in [0.05, 0.1) is 6.54 Å². The summed E-state index contributed by atoms with van der Waals surface area (Å²) in [6, 6.07) is 1.00. The number of halogens is 3. The number of hydrogen-bond donors (Lipinski definition) is 0. The fourth-order valence-electron chi connectivity index (χ4n) is 2.00. The molecule has 0 unspecified atom stereocenters. The van der Waals surface area contributed by atoms with Gasteiger partial charge in [0.1, 0.15) is 17.8 Å². The lowest BCUT2D eigenvalue weighted by Crippen LogP contribution is -2.46. The van der Waals surface area contributed by atoms with Gasteiger partial charge in [0.25, 0.3) is 0 Å². The van der Waals surface area contributed by atoms with Crippen molar-refractivity contribution >= 4 is 5.82 Å². The van der Waals surface area contributed by atoms with Crippen LogP contribution >= 0.6 is 0 Å². The van der Waals surface area contributed by atoms with Gasteiger partial charge in [0, 0.05) is 32.2 Å². The molecule has 0 aliphatic carbocycles. The third-order valence-corrected chi connectivity index (χ3v) is 3.12. The van der Waals surface area contributed by atoms with Gasteiger partial charge in [-0.1, -0.05) is 5.92 Å². The summed E-state index contributed by atoms with van der Waals surface area (Å²) in [5, 5.41) is 0. The van der Waals surface area contributed by atoms with Crippen molar-refractivity contribution in [2.45, 2.75) is 13.1 Å². The topological polar surface area (TPSA) is 32.3 Å². The van der Waals surface area contributed by atoms with Crippen LogP contribution in [0, 0.1) is 11.8 Å². The Balaban J connectivity index is 2.01. The van der Waals surface area contributed by atoms with E-state index in [9.17, 15) is 13.2 Å². The zero-order valence-corrected chi connectivity index (χ0v) is 11.1. The van der Waals surface area contributed by atoms with Crippen molar-refractivity contribution in [1.29, 1.82) is 0 Å². The van der Waals surface area contributed by atoms with Gasteiger partial charge in [-0.25, -0.2) is 9.97 Å². The number of piperazine rings is 1. The molecule has 4 nitrogen and oxygen atoms in total. The number of anilines is 1. The molecule has 7 heteroatoms. The monoisotopic (exact) mass is 284 g/mol. The lowest BCUT2D eigenvalue weighted by atomic mass is 10.3. The van der Waals surface area contributed by atoms with Gasteiger partial charge in [-0.2, -0.15) is 13.2 Å². The SMILES string of the molecule is CC#CCN1CCN(c2cc(C(F)(F)F)ncn2)CC1. The average Bonchev–Trinajstić information content (AvgIpc) is 2.45. The first-order valence-corrected chi connectivity index (χ1v) is 6.27. The maximum atomic E-state index is 12.6. The highest BCUT2D eigenvalue weighted by Gasteiger charge is 2.33. The molecule has 0 saturated carbocycles. The van der Waals surface area contributed by atoms with Gasteiger partial charge in [0.15, 0.2) is 0 Å². The Morgan fingerprint density at radius 1 is 1.20 bits per heavy atom. The van der Waals surface area contributed by atoms with Crippen LogP contribution in [-0.4, -0.2) is 47.6 Å². The van der Waals surface area contributed by atoms with Crippen molar-refractivity contribution in [1.82, 2.24) is 14.9 Å². The molecule has 1 saturated heterocycles. The summed E-state index contributed by atoms with van der Waals surface area (Å²) in [6.45, 7) is 5.29. The first kappa shape index (κ1) is 14.6. The summed E-state index contributed by atoms with van der Waals surface area (Å²) in [4.78, 5) is 11.2. The number of rotatable bonds is 2. The van der Waals surface area contributed by atoms with E-state index in [1.54, 1.807) is 6.92 Å².